The van der Waals surface area contributed by atoms with Crippen molar-refractivity contribution in [3.8, 4) is 5.75 Å². The second kappa shape index (κ2) is 7.20. The average molecular weight is 305 g/mol. The summed E-state index contributed by atoms with van der Waals surface area (Å²) in [4.78, 5) is 8.32. The van der Waals surface area contributed by atoms with Crippen molar-refractivity contribution < 1.29 is 10.2 Å². The summed E-state index contributed by atoms with van der Waals surface area (Å²) in [6.07, 6.45) is 3.89. The number of benzene rings is 1. The third-order valence-corrected chi connectivity index (χ3v) is 3.40. The number of aliphatic hydroxyl groups is 1. The maximum atomic E-state index is 9.98. The number of nitrogens with zero attached hydrogens (tertiary/aromatic N) is 2. The second-order valence-corrected chi connectivity index (χ2v) is 5.14. The summed E-state index contributed by atoms with van der Waals surface area (Å²) in [7, 11) is 0. The van der Waals surface area contributed by atoms with E-state index in [-0.39, 0.29) is 12.4 Å². The third-order valence-electron chi connectivity index (χ3n) is 3.17. The van der Waals surface area contributed by atoms with Crippen LogP contribution in [-0.4, -0.2) is 28.0 Å². The number of halogens is 1. The fourth-order valence-corrected chi connectivity index (χ4v) is 2.18. The number of hydrogen-bond acceptors (Lipinski definition) is 4. The highest BCUT2D eigenvalue weighted by Gasteiger charge is 2.08. The van der Waals surface area contributed by atoms with Crippen LogP contribution in [0.25, 0.3) is 0 Å². The molecule has 5 heteroatoms. The van der Waals surface area contributed by atoms with Gasteiger partial charge in [0, 0.05) is 35.1 Å². The zero-order chi connectivity index (χ0) is 15.2. The van der Waals surface area contributed by atoms with E-state index < -0.39 is 0 Å². The first-order valence-corrected chi connectivity index (χ1v) is 7.02. The molecule has 0 unspecified atom stereocenters. The first kappa shape index (κ1) is 15.5. The fraction of sp³-hybridized carbons (Fsp3) is 0.250. The first-order valence-electron chi connectivity index (χ1n) is 6.64. The van der Waals surface area contributed by atoms with Crippen molar-refractivity contribution in [2.24, 2.45) is 4.99 Å². The summed E-state index contributed by atoms with van der Waals surface area (Å²) in [5, 5.41) is 20.0. The number of pyridine rings is 1. The van der Waals surface area contributed by atoms with Gasteiger partial charge in [-0.05, 0) is 31.0 Å². The Morgan fingerprint density at radius 2 is 2.19 bits per heavy atom. The lowest BCUT2D eigenvalue weighted by atomic mass is 10.1. The molecule has 0 bridgehead atoms. The van der Waals surface area contributed by atoms with E-state index in [1.54, 1.807) is 19.3 Å². The smallest absolute Gasteiger partial charge is 0.145 e. The van der Waals surface area contributed by atoms with Crippen molar-refractivity contribution in [1.29, 1.82) is 0 Å². The standard InChI is InChI=1S/C16H17ClN2O2/c1-11-16(21)15(13(10-20)8-19-11)9-18-6-5-12-3-2-4-14(17)7-12/h2-4,7-9,20-21H,5-6,10H2,1H3. The Hall–Kier alpha value is -1.91. The number of rotatable bonds is 5. The van der Waals surface area contributed by atoms with E-state index in [2.05, 4.69) is 9.98 Å². The van der Waals surface area contributed by atoms with Crippen LogP contribution in [0.3, 0.4) is 0 Å². The summed E-state index contributed by atoms with van der Waals surface area (Å²) in [5.41, 5.74) is 2.71. The molecule has 0 radical (unpaired) electrons. The van der Waals surface area contributed by atoms with Gasteiger partial charge in [0.1, 0.15) is 5.75 Å². The average Bonchev–Trinajstić information content (AvgIpc) is 2.48. The van der Waals surface area contributed by atoms with E-state index in [4.69, 9.17) is 11.6 Å². The molecule has 0 saturated carbocycles. The molecule has 110 valence electrons. The van der Waals surface area contributed by atoms with Gasteiger partial charge in [-0.15, -0.1) is 0 Å². The lowest BCUT2D eigenvalue weighted by Crippen LogP contribution is -1.99. The predicted molar refractivity (Wildman–Crippen MR) is 84.2 cm³/mol. The normalized spacial score (nSPS) is 11.2. The van der Waals surface area contributed by atoms with Crippen molar-refractivity contribution >= 4 is 17.8 Å². The third kappa shape index (κ3) is 4.03. The number of aliphatic hydroxyl groups excluding tert-OH is 1. The largest absolute Gasteiger partial charge is 0.505 e. The van der Waals surface area contributed by atoms with Crippen molar-refractivity contribution in [2.45, 2.75) is 20.0 Å². The molecule has 0 aliphatic rings. The van der Waals surface area contributed by atoms with E-state index in [1.807, 2.05) is 24.3 Å². The van der Waals surface area contributed by atoms with Gasteiger partial charge in [0.2, 0.25) is 0 Å². The summed E-state index contributed by atoms with van der Waals surface area (Å²) < 4.78 is 0. The lowest BCUT2D eigenvalue weighted by Gasteiger charge is -2.07. The molecule has 0 atom stereocenters. The van der Waals surface area contributed by atoms with E-state index in [0.29, 0.717) is 28.4 Å². The molecule has 0 fully saturated rings. The Balaban J connectivity index is 2.06. The van der Waals surface area contributed by atoms with Crippen LogP contribution in [0.5, 0.6) is 5.75 Å². The van der Waals surface area contributed by atoms with Gasteiger partial charge in [-0.2, -0.15) is 0 Å². The Morgan fingerprint density at radius 1 is 1.38 bits per heavy atom. The lowest BCUT2D eigenvalue weighted by molar-refractivity contribution is 0.280. The molecule has 0 spiro atoms. The molecule has 2 rings (SSSR count). The van der Waals surface area contributed by atoms with Gasteiger partial charge >= 0.3 is 0 Å². The topological polar surface area (TPSA) is 65.7 Å². The van der Waals surface area contributed by atoms with Gasteiger partial charge in [0.15, 0.2) is 0 Å². The van der Waals surface area contributed by atoms with Crippen LogP contribution in [0.15, 0.2) is 35.5 Å². The molecule has 2 aromatic rings. The van der Waals surface area contributed by atoms with Gasteiger partial charge in [-0.25, -0.2) is 0 Å². The van der Waals surface area contributed by atoms with Crippen LogP contribution < -0.4 is 0 Å². The van der Waals surface area contributed by atoms with Crippen molar-refractivity contribution in [1.82, 2.24) is 4.98 Å². The molecule has 0 saturated heterocycles. The quantitative estimate of drug-likeness (QED) is 0.835. The highest BCUT2D eigenvalue weighted by molar-refractivity contribution is 6.30. The minimum atomic E-state index is -0.184. The Kier molecular flexibility index (Phi) is 5.31. The number of aromatic nitrogens is 1. The van der Waals surface area contributed by atoms with Crippen LogP contribution >= 0.6 is 11.6 Å². The Bertz CT molecular complexity index is 657. The van der Waals surface area contributed by atoms with Crippen LogP contribution in [-0.2, 0) is 13.0 Å². The summed E-state index contributed by atoms with van der Waals surface area (Å²) >= 11 is 5.93. The molecule has 1 heterocycles. The van der Waals surface area contributed by atoms with Crippen molar-refractivity contribution in [3.63, 3.8) is 0 Å². The first-order chi connectivity index (χ1) is 10.1. The molecule has 0 aliphatic carbocycles. The zero-order valence-corrected chi connectivity index (χ0v) is 12.5. The summed E-state index contributed by atoms with van der Waals surface area (Å²) in [5.74, 6) is 0.0630. The van der Waals surface area contributed by atoms with Gasteiger partial charge in [-0.3, -0.25) is 9.98 Å². The van der Waals surface area contributed by atoms with Gasteiger partial charge < -0.3 is 10.2 Å². The van der Waals surface area contributed by atoms with Crippen LogP contribution in [0.4, 0.5) is 0 Å². The highest BCUT2D eigenvalue weighted by atomic mass is 35.5. The maximum absolute atomic E-state index is 9.98. The van der Waals surface area contributed by atoms with Crippen molar-refractivity contribution in [2.75, 3.05) is 6.54 Å². The molecular formula is C16H17ClN2O2. The summed E-state index contributed by atoms with van der Waals surface area (Å²) in [6, 6.07) is 7.64. The molecule has 1 aromatic heterocycles. The van der Waals surface area contributed by atoms with E-state index in [1.165, 1.54) is 0 Å². The fourth-order valence-electron chi connectivity index (χ4n) is 1.96. The number of aryl methyl sites for hydroxylation is 1. The zero-order valence-electron chi connectivity index (χ0n) is 11.8. The minimum absolute atomic E-state index is 0.0630. The molecule has 0 amide bonds. The Morgan fingerprint density at radius 3 is 2.90 bits per heavy atom. The molecule has 1 aromatic carbocycles. The van der Waals surface area contributed by atoms with Crippen LogP contribution in [0, 0.1) is 6.92 Å². The number of hydrogen-bond donors (Lipinski definition) is 2. The minimum Gasteiger partial charge on any atom is -0.505 e. The highest BCUT2D eigenvalue weighted by Crippen LogP contribution is 2.22. The van der Waals surface area contributed by atoms with Gasteiger partial charge in [0.05, 0.1) is 12.3 Å². The molecule has 21 heavy (non-hydrogen) atoms. The number of aromatic hydroxyl groups is 1. The van der Waals surface area contributed by atoms with Crippen molar-refractivity contribution in [3.05, 3.63) is 57.9 Å². The van der Waals surface area contributed by atoms with Gasteiger partial charge in [-0.1, -0.05) is 23.7 Å². The van der Waals surface area contributed by atoms with E-state index >= 15 is 0 Å². The monoisotopic (exact) mass is 304 g/mol. The van der Waals surface area contributed by atoms with Gasteiger partial charge in [0.25, 0.3) is 0 Å². The molecule has 4 nitrogen and oxygen atoms in total. The second-order valence-electron chi connectivity index (χ2n) is 4.70. The molecule has 2 N–H and O–H groups in total. The molecular weight excluding hydrogens is 288 g/mol. The van der Waals surface area contributed by atoms with E-state index in [9.17, 15) is 10.2 Å². The summed E-state index contributed by atoms with van der Waals surface area (Å²) in [6.45, 7) is 2.10. The number of aliphatic imine (C=N–C) groups is 1. The van der Waals surface area contributed by atoms with Crippen LogP contribution in [0.1, 0.15) is 22.4 Å². The predicted octanol–water partition coefficient (Wildman–Crippen LogP) is 2.90. The molecule has 0 aliphatic heterocycles. The van der Waals surface area contributed by atoms with Crippen LogP contribution in [0.2, 0.25) is 5.02 Å². The Labute approximate surface area is 128 Å². The van der Waals surface area contributed by atoms with E-state index in [0.717, 1.165) is 12.0 Å². The SMILES string of the molecule is Cc1ncc(CO)c(C=NCCc2cccc(Cl)c2)c1O. The maximum Gasteiger partial charge on any atom is 0.145 e.